The first-order valence-electron chi connectivity index (χ1n) is 14.7. The van der Waals surface area contributed by atoms with E-state index in [1.165, 1.54) is 15.4 Å². The fourth-order valence-corrected chi connectivity index (χ4v) is 5.07. The molecule has 2 aromatic heterocycles. The number of aromatic nitrogens is 4. The first kappa shape index (κ1) is 38.3. The van der Waals surface area contributed by atoms with E-state index in [2.05, 4.69) is 35.8 Å². The number of aryl methyl sites for hydroxylation is 2. The number of nitro groups is 1. The van der Waals surface area contributed by atoms with Gasteiger partial charge in [-0.25, -0.2) is 14.5 Å². The Hall–Kier alpha value is -6.46. The largest absolute Gasteiger partial charge is 3.00 e. The number of hydrogen-bond donors (Lipinski definition) is 3. The average molecular weight is 764 g/mol. The summed E-state index contributed by atoms with van der Waals surface area (Å²) in [6.45, 7) is 3.30. The molecule has 0 saturated carbocycles. The van der Waals surface area contributed by atoms with Gasteiger partial charge in [0.2, 0.25) is 0 Å². The monoisotopic (exact) mass is 763 g/mol. The summed E-state index contributed by atoms with van der Waals surface area (Å²) in [7, 11) is -3.74. The number of H-pyrrole nitrogens is 2. The summed E-state index contributed by atoms with van der Waals surface area (Å²) in [5.74, 6) is -1.16. The van der Waals surface area contributed by atoms with Crippen molar-refractivity contribution in [2.24, 2.45) is 20.5 Å². The molecule has 263 valence electrons. The van der Waals surface area contributed by atoms with Crippen LogP contribution < -0.4 is 26.5 Å². The minimum atomic E-state index is -3.74. The molecule has 6 rings (SSSR count). The fraction of sp³-hybridized carbons (Fsp3) is 0.0625. The van der Waals surface area contributed by atoms with Crippen molar-refractivity contribution in [3.63, 3.8) is 0 Å². The van der Waals surface area contributed by atoms with Gasteiger partial charge in [0.15, 0.2) is 11.4 Å². The molecule has 0 aliphatic heterocycles. The molecule has 5 N–H and O–H groups in total. The van der Waals surface area contributed by atoms with E-state index in [4.69, 9.17) is 0 Å². The quantitative estimate of drug-likeness (QED) is 0.116. The maximum atomic E-state index is 12.5. The second-order valence-corrected chi connectivity index (χ2v) is 12.4. The number of nitrogens with zero attached hydrogens (tertiary/aromatic N) is 7. The van der Waals surface area contributed by atoms with E-state index in [1.54, 1.807) is 62.4 Å². The Balaban J connectivity index is 0.000000228. The second-order valence-electron chi connectivity index (χ2n) is 10.7. The number of para-hydroxylation sites is 2. The fourth-order valence-electron chi connectivity index (χ4n) is 4.50. The Morgan fingerprint density at radius 2 is 1.15 bits per heavy atom. The summed E-state index contributed by atoms with van der Waals surface area (Å²) in [5, 5.41) is 58.3. The van der Waals surface area contributed by atoms with Gasteiger partial charge in [-0.1, -0.05) is 54.0 Å². The zero-order valence-electron chi connectivity index (χ0n) is 27.2. The molecule has 0 saturated heterocycles. The third-order valence-corrected chi connectivity index (χ3v) is 8.04. The Kier molecular flexibility index (Phi) is 11.8. The summed E-state index contributed by atoms with van der Waals surface area (Å²) in [6, 6.07) is 24.3. The van der Waals surface area contributed by atoms with Crippen LogP contribution in [0.15, 0.2) is 132 Å². The molecule has 2 heterocycles. The van der Waals surface area contributed by atoms with Gasteiger partial charge in [0.25, 0.3) is 16.8 Å². The molecule has 0 bridgehead atoms. The molecule has 18 nitrogen and oxygen atoms in total. The van der Waals surface area contributed by atoms with Gasteiger partial charge in [-0.05, 0) is 56.3 Å². The van der Waals surface area contributed by atoms with Crippen LogP contribution in [-0.4, -0.2) is 32.9 Å². The normalized spacial score (nSPS) is 11.3. The number of non-ortho nitro benzene ring substituents is 1. The van der Waals surface area contributed by atoms with Crippen LogP contribution in [0.3, 0.4) is 0 Å². The Bertz CT molecular complexity index is 2530. The molecule has 20 heteroatoms. The van der Waals surface area contributed by atoms with Crippen LogP contribution in [0.25, 0.3) is 11.4 Å². The Morgan fingerprint density at radius 3 is 1.60 bits per heavy atom. The van der Waals surface area contributed by atoms with Crippen LogP contribution in [0.2, 0.25) is 0 Å². The van der Waals surface area contributed by atoms with Crippen molar-refractivity contribution in [1.82, 2.24) is 19.6 Å². The molecule has 0 spiro atoms. The van der Waals surface area contributed by atoms with Gasteiger partial charge in [-0.3, -0.25) is 29.9 Å². The van der Waals surface area contributed by atoms with Gasteiger partial charge in [0, 0.05) is 12.1 Å². The molecule has 4 aromatic carbocycles. The molecular formula is C32H27CrN10O8S+2. The van der Waals surface area contributed by atoms with Gasteiger partial charge in [-0.2, -0.15) is 18.6 Å². The van der Waals surface area contributed by atoms with E-state index in [1.807, 2.05) is 12.1 Å². The summed E-state index contributed by atoms with van der Waals surface area (Å²) >= 11 is 0. The van der Waals surface area contributed by atoms with Crippen LogP contribution in [-0.2, 0) is 27.4 Å². The molecule has 0 fully saturated rings. The number of nitrogens with one attached hydrogen (secondary N) is 2. The van der Waals surface area contributed by atoms with Crippen molar-refractivity contribution in [2.75, 3.05) is 0 Å². The topological polar surface area (TPSA) is 276 Å². The Morgan fingerprint density at radius 1 is 0.673 bits per heavy atom. The van der Waals surface area contributed by atoms with Crippen molar-refractivity contribution >= 4 is 38.5 Å². The summed E-state index contributed by atoms with van der Waals surface area (Å²) < 4.78 is 25.6. The molecule has 0 aliphatic rings. The number of azo groups is 2. The number of benzene rings is 4. The molecule has 52 heavy (non-hydrogen) atoms. The van der Waals surface area contributed by atoms with Crippen LogP contribution in [0, 0.1) is 24.0 Å². The SMILES string of the molecule is Cc1[nH]n(-c2ccccc2)c(=O)c1N=Nc1cc(S([NH3+])(=O)=O)ccc1[O-].Cc1[nH]n(-c2ccccc2)c(=O)c1N=Nc1ccc([N+](=O)[O-])cc1[O-].[Cr+3]. The maximum Gasteiger partial charge on any atom is 3.00 e. The van der Waals surface area contributed by atoms with Crippen molar-refractivity contribution in [3.05, 3.63) is 139 Å². The van der Waals surface area contributed by atoms with E-state index in [0.717, 1.165) is 30.3 Å². The number of rotatable bonds is 8. The van der Waals surface area contributed by atoms with E-state index in [-0.39, 0.29) is 50.7 Å². The van der Waals surface area contributed by atoms with Crippen molar-refractivity contribution < 1.29 is 46.1 Å². The van der Waals surface area contributed by atoms with E-state index in [0.29, 0.717) is 22.8 Å². The molecular weight excluding hydrogens is 736 g/mol. The van der Waals surface area contributed by atoms with Crippen LogP contribution in [0.1, 0.15) is 11.4 Å². The molecule has 0 amide bonds. The summed E-state index contributed by atoms with van der Waals surface area (Å²) in [5.41, 5.74) is 0.813. The van der Waals surface area contributed by atoms with E-state index < -0.39 is 37.6 Å². The minimum Gasteiger partial charge on any atom is -0.871 e. The first-order chi connectivity index (χ1) is 24.2. The number of nitro benzene ring substituents is 1. The first-order valence-corrected chi connectivity index (χ1v) is 16.3. The minimum absolute atomic E-state index is 0. The van der Waals surface area contributed by atoms with Gasteiger partial charge in [0.05, 0.1) is 39.1 Å². The van der Waals surface area contributed by atoms with Crippen molar-refractivity contribution in [1.29, 1.82) is 0 Å². The predicted octanol–water partition coefficient (Wildman–Crippen LogP) is 3.76. The zero-order valence-corrected chi connectivity index (χ0v) is 29.2. The third kappa shape index (κ3) is 8.63. The summed E-state index contributed by atoms with van der Waals surface area (Å²) in [4.78, 5) is 34.8. The van der Waals surface area contributed by atoms with Crippen molar-refractivity contribution in [2.45, 2.75) is 18.7 Å². The predicted molar refractivity (Wildman–Crippen MR) is 179 cm³/mol. The molecule has 1 radical (unpaired) electrons. The number of hydrogen-bond acceptors (Lipinski definition) is 12. The van der Waals surface area contributed by atoms with Crippen LogP contribution in [0.4, 0.5) is 28.4 Å². The van der Waals surface area contributed by atoms with E-state index >= 15 is 0 Å². The molecule has 6 aromatic rings. The average Bonchev–Trinajstić information content (AvgIpc) is 3.56. The second kappa shape index (κ2) is 16.0. The molecule has 0 atom stereocenters. The number of aromatic amines is 2. The molecule has 0 unspecified atom stereocenters. The van der Waals surface area contributed by atoms with Crippen LogP contribution in [0.5, 0.6) is 11.5 Å². The van der Waals surface area contributed by atoms with Crippen molar-refractivity contribution in [3.8, 4) is 22.9 Å². The Labute approximate surface area is 304 Å². The smallest absolute Gasteiger partial charge is 0.871 e. The maximum absolute atomic E-state index is 12.5. The standard InChI is InChI=1S/C16H15N5O4S.C16H13N5O4.Cr/c1-10-15(16(23)21(20-10)11-5-3-2-4-6-11)19-18-13-9-12(26(17,24)25)7-8-14(13)22;1-10-15(16(23)20(19-10)11-5-3-2-4-6-11)18-17-13-8-7-12(21(24)25)9-14(13)22;/h2-9,20,22H,1H3,(H2,17,24,25);2-9,19,22H,1H3;/q;;+3/p-1. The molecule has 0 aliphatic carbocycles. The van der Waals surface area contributed by atoms with E-state index in [9.17, 15) is 38.3 Å². The summed E-state index contributed by atoms with van der Waals surface area (Å²) in [6.07, 6.45) is 0. The van der Waals surface area contributed by atoms with Crippen LogP contribution >= 0.6 is 0 Å². The third-order valence-electron chi connectivity index (χ3n) is 7.07. The van der Waals surface area contributed by atoms with Gasteiger partial charge >= 0.3 is 27.4 Å². The zero-order chi connectivity index (χ0) is 36.9. The number of quaternary nitrogens is 1. The van der Waals surface area contributed by atoms with Gasteiger partial charge in [0.1, 0.15) is 4.90 Å². The van der Waals surface area contributed by atoms with Gasteiger partial charge < -0.3 is 10.2 Å². The van der Waals surface area contributed by atoms with Gasteiger partial charge in [-0.15, -0.1) is 10.2 Å². The number of sulfonamides is 1.